The number of nitrogens with two attached hydrogens (primary N) is 1. The highest BCUT2D eigenvalue weighted by atomic mass is 16.6. The molecule has 30 heavy (non-hydrogen) atoms. The van der Waals surface area contributed by atoms with E-state index in [1.165, 1.54) is 5.56 Å². The van der Waals surface area contributed by atoms with E-state index in [0.717, 1.165) is 32.6 Å². The largest absolute Gasteiger partial charge is 0.378 e. The van der Waals surface area contributed by atoms with Crippen molar-refractivity contribution < 1.29 is 4.92 Å². The molecule has 0 spiro atoms. The number of hydrogen-bond acceptors (Lipinski definition) is 9. The quantitative estimate of drug-likeness (QED) is 0.359. The second kappa shape index (κ2) is 10.2. The smallest absolute Gasteiger partial charge is 0.353 e. The number of aromatic nitrogens is 2. The highest BCUT2D eigenvalue weighted by Crippen LogP contribution is 2.32. The molecule has 0 radical (unpaired) electrons. The average Bonchev–Trinajstić information content (AvgIpc) is 2.71. The van der Waals surface area contributed by atoms with Crippen LogP contribution in [0.5, 0.6) is 0 Å². The molecule has 0 aliphatic carbocycles. The van der Waals surface area contributed by atoms with Crippen molar-refractivity contribution in [1.82, 2.24) is 19.8 Å². The molecule has 10 nitrogen and oxygen atoms in total. The first-order valence-corrected chi connectivity index (χ1v) is 10.2. The number of nitrogen functional groups attached to an aromatic ring is 1. The molecule has 3 rings (SSSR count). The lowest BCUT2D eigenvalue weighted by Gasteiger charge is -2.35. The molecule has 0 saturated carbocycles. The van der Waals surface area contributed by atoms with E-state index in [1.807, 2.05) is 37.2 Å². The lowest BCUT2D eigenvalue weighted by Crippen LogP contribution is -2.46. The number of anilines is 3. The first-order chi connectivity index (χ1) is 14.4. The summed E-state index contributed by atoms with van der Waals surface area (Å²) in [6.07, 6.45) is 0.904. The third kappa shape index (κ3) is 5.77. The van der Waals surface area contributed by atoms with Gasteiger partial charge in [0.25, 0.3) is 0 Å². The fourth-order valence-corrected chi connectivity index (χ4v) is 3.49. The van der Waals surface area contributed by atoms with E-state index in [-0.39, 0.29) is 11.5 Å². The summed E-state index contributed by atoms with van der Waals surface area (Å²) in [4.78, 5) is 26.0. The molecule has 1 aliphatic heterocycles. The lowest BCUT2D eigenvalue weighted by atomic mass is 10.2. The molecule has 1 aliphatic rings. The topological polar surface area (TPSA) is 117 Å². The molecule has 1 aromatic heterocycles. The second-order valence-corrected chi connectivity index (χ2v) is 7.69. The van der Waals surface area contributed by atoms with E-state index >= 15 is 0 Å². The molecular weight excluding hydrogens is 384 g/mol. The molecule has 2 aromatic rings. The predicted octanol–water partition coefficient (Wildman–Crippen LogP) is 1.65. The first kappa shape index (κ1) is 21.7. The van der Waals surface area contributed by atoms with Gasteiger partial charge in [-0.05, 0) is 32.6 Å². The van der Waals surface area contributed by atoms with Crippen LogP contribution in [0.1, 0.15) is 12.0 Å². The minimum Gasteiger partial charge on any atom is -0.378 e. The SMILES string of the molecule is CN(C)CCCNc1nc(N)c([N+](=O)[O-])c(N2CCN(Cc3ccccc3)CC2)n1. The third-order valence-corrected chi connectivity index (χ3v) is 5.06. The molecule has 0 atom stereocenters. The summed E-state index contributed by atoms with van der Waals surface area (Å²) in [6, 6.07) is 10.3. The first-order valence-electron chi connectivity index (χ1n) is 10.2. The molecule has 10 heteroatoms. The zero-order chi connectivity index (χ0) is 21.5. The van der Waals surface area contributed by atoms with Gasteiger partial charge < -0.3 is 20.9 Å². The van der Waals surface area contributed by atoms with Crippen molar-refractivity contribution in [3.05, 3.63) is 46.0 Å². The molecular formula is C20H30N8O2. The summed E-state index contributed by atoms with van der Waals surface area (Å²) in [6.45, 7) is 5.32. The van der Waals surface area contributed by atoms with E-state index < -0.39 is 4.92 Å². The Morgan fingerprint density at radius 3 is 2.50 bits per heavy atom. The Balaban J connectivity index is 1.68. The van der Waals surface area contributed by atoms with Crippen LogP contribution >= 0.6 is 0 Å². The highest BCUT2D eigenvalue weighted by molar-refractivity contribution is 5.71. The van der Waals surface area contributed by atoms with Crippen molar-refractivity contribution in [2.24, 2.45) is 0 Å². The fourth-order valence-electron chi connectivity index (χ4n) is 3.49. The third-order valence-electron chi connectivity index (χ3n) is 5.06. The van der Waals surface area contributed by atoms with E-state index in [1.54, 1.807) is 0 Å². The van der Waals surface area contributed by atoms with Crippen LogP contribution in [0.25, 0.3) is 0 Å². The Bertz CT molecular complexity index is 838. The molecule has 0 amide bonds. The summed E-state index contributed by atoms with van der Waals surface area (Å²) in [5.41, 5.74) is 6.97. The standard InChI is InChI=1S/C20H30N8O2/c1-25(2)10-6-9-22-20-23-18(21)17(28(29)30)19(24-20)27-13-11-26(12-14-27)15-16-7-4-3-5-8-16/h3-5,7-8H,6,9-15H2,1-2H3,(H3,21,22,23,24). The number of piperazine rings is 1. The maximum Gasteiger partial charge on any atom is 0.353 e. The second-order valence-electron chi connectivity index (χ2n) is 7.69. The lowest BCUT2D eigenvalue weighted by molar-refractivity contribution is -0.383. The molecule has 1 fully saturated rings. The van der Waals surface area contributed by atoms with Crippen molar-refractivity contribution >= 4 is 23.3 Å². The van der Waals surface area contributed by atoms with Crippen LogP contribution in [0.3, 0.4) is 0 Å². The Hall–Kier alpha value is -2.98. The Morgan fingerprint density at radius 1 is 1.17 bits per heavy atom. The predicted molar refractivity (Wildman–Crippen MR) is 119 cm³/mol. The summed E-state index contributed by atoms with van der Waals surface area (Å²) in [5, 5.41) is 14.8. The molecule has 1 saturated heterocycles. The van der Waals surface area contributed by atoms with Gasteiger partial charge in [0.15, 0.2) is 0 Å². The van der Waals surface area contributed by atoms with Crippen molar-refractivity contribution in [3.8, 4) is 0 Å². The van der Waals surface area contributed by atoms with Gasteiger partial charge in [-0.15, -0.1) is 0 Å². The van der Waals surface area contributed by atoms with Crippen molar-refractivity contribution in [3.63, 3.8) is 0 Å². The zero-order valence-electron chi connectivity index (χ0n) is 17.6. The number of nitrogens with zero attached hydrogens (tertiary/aromatic N) is 6. The summed E-state index contributed by atoms with van der Waals surface area (Å²) < 4.78 is 0. The molecule has 0 bridgehead atoms. The minimum absolute atomic E-state index is 0.105. The van der Waals surface area contributed by atoms with Gasteiger partial charge in [-0.2, -0.15) is 9.97 Å². The van der Waals surface area contributed by atoms with Gasteiger partial charge in [0, 0.05) is 39.3 Å². The van der Waals surface area contributed by atoms with Gasteiger partial charge in [0.2, 0.25) is 17.6 Å². The van der Waals surface area contributed by atoms with Crippen LogP contribution in [0.4, 0.5) is 23.3 Å². The average molecular weight is 415 g/mol. The fraction of sp³-hybridized carbons (Fsp3) is 0.500. The van der Waals surface area contributed by atoms with Crippen molar-refractivity contribution in [2.45, 2.75) is 13.0 Å². The van der Waals surface area contributed by atoms with Crippen LogP contribution in [0, 0.1) is 10.1 Å². The Morgan fingerprint density at radius 2 is 1.87 bits per heavy atom. The molecule has 3 N–H and O–H groups in total. The van der Waals surface area contributed by atoms with Crippen molar-refractivity contribution in [1.29, 1.82) is 0 Å². The van der Waals surface area contributed by atoms with Gasteiger partial charge >= 0.3 is 5.69 Å². The van der Waals surface area contributed by atoms with E-state index in [4.69, 9.17) is 5.73 Å². The van der Waals surface area contributed by atoms with Gasteiger partial charge in [-0.3, -0.25) is 15.0 Å². The minimum atomic E-state index is -0.489. The maximum absolute atomic E-state index is 11.6. The molecule has 0 unspecified atom stereocenters. The van der Waals surface area contributed by atoms with Crippen LogP contribution in [-0.4, -0.2) is 78.1 Å². The Kier molecular flexibility index (Phi) is 7.36. The molecule has 162 valence electrons. The Labute approximate surface area is 176 Å². The number of nitro groups is 1. The van der Waals surface area contributed by atoms with Gasteiger partial charge in [-0.25, -0.2) is 0 Å². The van der Waals surface area contributed by atoms with E-state index in [0.29, 0.717) is 31.4 Å². The summed E-state index contributed by atoms with van der Waals surface area (Å²) >= 11 is 0. The summed E-state index contributed by atoms with van der Waals surface area (Å²) in [7, 11) is 4.02. The molecule has 2 heterocycles. The van der Waals surface area contributed by atoms with Gasteiger partial charge in [0.1, 0.15) is 0 Å². The maximum atomic E-state index is 11.6. The van der Waals surface area contributed by atoms with E-state index in [2.05, 4.69) is 37.2 Å². The van der Waals surface area contributed by atoms with Gasteiger partial charge in [-0.1, -0.05) is 30.3 Å². The number of nitrogens with one attached hydrogen (secondary N) is 1. The van der Waals surface area contributed by atoms with Crippen LogP contribution in [0.2, 0.25) is 0 Å². The van der Waals surface area contributed by atoms with Crippen molar-refractivity contribution in [2.75, 3.05) is 69.3 Å². The summed E-state index contributed by atoms with van der Waals surface area (Å²) in [5.74, 6) is 0.521. The number of benzene rings is 1. The monoisotopic (exact) mass is 414 g/mol. The zero-order valence-corrected chi connectivity index (χ0v) is 17.6. The van der Waals surface area contributed by atoms with Crippen LogP contribution in [-0.2, 0) is 6.54 Å². The van der Waals surface area contributed by atoms with Crippen LogP contribution < -0.4 is 16.0 Å². The highest BCUT2D eigenvalue weighted by Gasteiger charge is 2.29. The van der Waals surface area contributed by atoms with Crippen LogP contribution in [0.15, 0.2) is 30.3 Å². The normalized spacial score (nSPS) is 14.8. The van der Waals surface area contributed by atoms with E-state index in [9.17, 15) is 10.1 Å². The number of rotatable bonds is 9. The molecule has 1 aromatic carbocycles. The van der Waals surface area contributed by atoms with Gasteiger partial charge in [0.05, 0.1) is 4.92 Å². The number of hydrogen-bond donors (Lipinski definition) is 2.